The molecule has 1 aliphatic carbocycles. The van der Waals surface area contributed by atoms with Gasteiger partial charge in [-0.25, -0.2) is 4.57 Å². The zero-order valence-corrected chi connectivity index (χ0v) is 59.3. The van der Waals surface area contributed by atoms with Gasteiger partial charge in [-0.15, -0.1) is 0 Å². The lowest BCUT2D eigenvalue weighted by molar-refractivity contribution is -0.360. The van der Waals surface area contributed by atoms with Crippen molar-refractivity contribution in [1.82, 2.24) is 0 Å². The normalized spacial score (nSPS) is 28.1. The van der Waals surface area contributed by atoms with Gasteiger partial charge in [0.2, 0.25) is 0 Å². The highest BCUT2D eigenvalue weighted by Crippen LogP contribution is 2.49. The number of allylic oxidation sites excluding steroid dienone is 4. The van der Waals surface area contributed by atoms with Gasteiger partial charge >= 0.3 is 25.7 Å². The molecule has 0 amide bonds. The van der Waals surface area contributed by atoms with E-state index in [9.17, 15) is 74.9 Å². The van der Waals surface area contributed by atoms with Gasteiger partial charge in [-0.05, 0) is 70.6 Å². The van der Waals surface area contributed by atoms with Crippen molar-refractivity contribution in [3.63, 3.8) is 0 Å². The number of hydrogen-bond donors (Lipinski definition) is 11. The van der Waals surface area contributed by atoms with Crippen LogP contribution in [0.2, 0.25) is 0 Å². The monoisotopic (exact) mass is 1400 g/mol. The zero-order valence-electron chi connectivity index (χ0n) is 58.4. The van der Waals surface area contributed by atoms with Gasteiger partial charge < -0.3 is 89.1 Å². The first-order valence-electron chi connectivity index (χ1n) is 37.1. The van der Waals surface area contributed by atoms with Gasteiger partial charge in [0.1, 0.15) is 98.7 Å². The van der Waals surface area contributed by atoms with E-state index < -0.39 is 156 Å². The second-order valence-corrected chi connectivity index (χ2v) is 28.1. The van der Waals surface area contributed by atoms with E-state index in [1.165, 1.54) is 122 Å². The molecule has 3 fully saturated rings. The molecule has 1 saturated carbocycles. The Kier molecular flexibility index (Phi) is 48.7. The molecule has 96 heavy (non-hydrogen) atoms. The molecule has 2 heterocycles. The van der Waals surface area contributed by atoms with Crippen molar-refractivity contribution in [3.8, 4) is 0 Å². The molecule has 25 heteroatoms. The number of carbonyl (C=O) groups excluding carboxylic acids is 3. The third kappa shape index (κ3) is 36.4. The average molecular weight is 1400 g/mol. The third-order valence-corrected chi connectivity index (χ3v) is 19.2. The van der Waals surface area contributed by atoms with Crippen LogP contribution in [0.1, 0.15) is 278 Å². The minimum absolute atomic E-state index is 0.00780. The molecule has 2 saturated heterocycles. The first-order valence-corrected chi connectivity index (χ1v) is 38.6. The second-order valence-electron chi connectivity index (χ2n) is 26.7. The van der Waals surface area contributed by atoms with Gasteiger partial charge in [0.15, 0.2) is 18.7 Å². The number of hydrogen-bond acceptors (Lipinski definition) is 23. The van der Waals surface area contributed by atoms with E-state index in [-0.39, 0.29) is 19.3 Å². The van der Waals surface area contributed by atoms with E-state index in [1.54, 1.807) is 0 Å². The van der Waals surface area contributed by atoms with Crippen LogP contribution in [0.25, 0.3) is 0 Å². The van der Waals surface area contributed by atoms with Gasteiger partial charge in [-0.1, -0.05) is 212 Å². The predicted molar refractivity (Wildman–Crippen MR) is 361 cm³/mol. The van der Waals surface area contributed by atoms with Crippen molar-refractivity contribution in [1.29, 1.82) is 0 Å². The predicted octanol–water partition coefficient (Wildman–Crippen LogP) is 9.74. The highest BCUT2D eigenvalue weighted by atomic mass is 31.2. The molecular formula is C71H129O24P. The molecule has 562 valence electrons. The number of aliphatic hydroxyl groups excluding tert-OH is 10. The second kappa shape index (κ2) is 53.3. The van der Waals surface area contributed by atoms with Gasteiger partial charge in [-0.3, -0.25) is 23.4 Å². The number of phosphoric ester groups is 1. The molecule has 18 unspecified atom stereocenters. The van der Waals surface area contributed by atoms with Crippen molar-refractivity contribution >= 4 is 25.7 Å². The van der Waals surface area contributed by atoms with Crippen LogP contribution in [0.3, 0.4) is 0 Å². The van der Waals surface area contributed by atoms with E-state index in [1.807, 2.05) is 0 Å². The SMILES string of the molecule is CCCCCCCCC/C=C\CCCCCC(=O)OCC1OC(OC2C(O)C(O)C(O)C(OC3OC(CO)C(O)C(O)C3O)C2OP(=O)(O)OCC(COC(=O)CCCCCCCCCCCCCCC)OC(=O)CCCCC/C=C\CCCCCCCCC)C(O)C(O)C1O. The highest BCUT2D eigenvalue weighted by molar-refractivity contribution is 7.47. The Labute approximate surface area is 573 Å². The zero-order chi connectivity index (χ0) is 70.4. The minimum Gasteiger partial charge on any atom is -0.463 e. The van der Waals surface area contributed by atoms with Crippen LogP contribution in [0.4, 0.5) is 0 Å². The van der Waals surface area contributed by atoms with Crippen LogP contribution >= 0.6 is 7.82 Å². The summed E-state index contributed by atoms with van der Waals surface area (Å²) in [6, 6.07) is 0. The molecule has 0 aromatic rings. The quantitative estimate of drug-likeness (QED) is 0.00886. The molecule has 18 atom stereocenters. The molecule has 0 bridgehead atoms. The number of phosphoric acid groups is 1. The lowest BCUT2D eigenvalue weighted by Crippen LogP contribution is -2.69. The molecule has 3 rings (SSSR count). The van der Waals surface area contributed by atoms with Gasteiger partial charge in [-0.2, -0.15) is 0 Å². The summed E-state index contributed by atoms with van der Waals surface area (Å²) in [6.45, 7) is 3.40. The first-order chi connectivity index (χ1) is 46.3. The van der Waals surface area contributed by atoms with Crippen molar-refractivity contribution in [2.45, 2.75) is 382 Å². The van der Waals surface area contributed by atoms with Crippen molar-refractivity contribution < 1.29 is 117 Å². The van der Waals surface area contributed by atoms with Crippen LogP contribution in [0.15, 0.2) is 24.3 Å². The molecule has 0 aromatic carbocycles. The van der Waals surface area contributed by atoms with Gasteiger partial charge in [0.05, 0.1) is 13.2 Å². The van der Waals surface area contributed by atoms with Crippen LogP contribution < -0.4 is 0 Å². The smallest absolute Gasteiger partial charge is 0.463 e. The summed E-state index contributed by atoms with van der Waals surface area (Å²) >= 11 is 0. The van der Waals surface area contributed by atoms with Crippen LogP contribution in [0.5, 0.6) is 0 Å². The molecule has 3 aliphatic rings. The number of rotatable bonds is 57. The minimum atomic E-state index is -5.70. The molecular weight excluding hydrogens is 1270 g/mol. The largest absolute Gasteiger partial charge is 0.472 e. The van der Waals surface area contributed by atoms with E-state index in [0.29, 0.717) is 25.7 Å². The molecule has 24 nitrogen and oxygen atoms in total. The van der Waals surface area contributed by atoms with E-state index in [2.05, 4.69) is 45.1 Å². The Bertz CT molecular complexity index is 2090. The summed E-state index contributed by atoms with van der Waals surface area (Å²) < 4.78 is 64.9. The van der Waals surface area contributed by atoms with Gasteiger partial charge in [0.25, 0.3) is 0 Å². The fourth-order valence-corrected chi connectivity index (χ4v) is 13.1. The average Bonchev–Trinajstić information content (AvgIpc) is 0.766. The number of unbranched alkanes of at least 4 members (excludes halogenated alkanes) is 32. The third-order valence-electron chi connectivity index (χ3n) is 18.2. The molecule has 11 N–H and O–H groups in total. The molecule has 0 spiro atoms. The summed E-state index contributed by atoms with van der Waals surface area (Å²) in [4.78, 5) is 50.9. The summed E-state index contributed by atoms with van der Waals surface area (Å²) in [5.74, 6) is -2.02. The van der Waals surface area contributed by atoms with E-state index in [4.69, 9.17) is 42.2 Å². The lowest BCUT2D eigenvalue weighted by Gasteiger charge is -2.49. The van der Waals surface area contributed by atoms with Gasteiger partial charge in [0, 0.05) is 19.3 Å². The van der Waals surface area contributed by atoms with E-state index >= 15 is 0 Å². The van der Waals surface area contributed by atoms with Crippen molar-refractivity contribution in [3.05, 3.63) is 24.3 Å². The summed E-state index contributed by atoms with van der Waals surface area (Å²) in [5.41, 5.74) is 0. The Morgan fingerprint density at radius 3 is 1.14 bits per heavy atom. The number of aliphatic hydroxyl groups is 10. The summed E-state index contributed by atoms with van der Waals surface area (Å²) in [5, 5.41) is 110. The van der Waals surface area contributed by atoms with Crippen molar-refractivity contribution in [2.75, 3.05) is 26.4 Å². The molecule has 2 aliphatic heterocycles. The highest BCUT2D eigenvalue weighted by Gasteiger charge is 2.58. The maximum atomic E-state index is 14.3. The Balaban J connectivity index is 1.75. The summed E-state index contributed by atoms with van der Waals surface area (Å²) in [7, 11) is -5.70. The lowest BCUT2D eigenvalue weighted by atomic mass is 9.84. The maximum Gasteiger partial charge on any atom is 0.472 e. The fourth-order valence-electron chi connectivity index (χ4n) is 12.1. The van der Waals surface area contributed by atoms with Crippen LogP contribution in [-0.4, -0.2) is 204 Å². The molecule has 0 radical (unpaired) electrons. The van der Waals surface area contributed by atoms with Crippen LogP contribution in [0, 0.1) is 0 Å². The number of esters is 3. The maximum absolute atomic E-state index is 14.3. The Morgan fingerprint density at radius 2 is 0.729 bits per heavy atom. The Morgan fingerprint density at radius 1 is 0.396 bits per heavy atom. The topological polar surface area (TPSA) is 374 Å². The van der Waals surface area contributed by atoms with Crippen molar-refractivity contribution in [2.24, 2.45) is 0 Å². The van der Waals surface area contributed by atoms with E-state index in [0.717, 1.165) is 89.9 Å². The first kappa shape index (κ1) is 87.7. The number of carbonyl (C=O) groups is 3. The molecule has 0 aromatic heterocycles. The standard InChI is InChI=1S/C71H129O24P/c1-4-7-10-13-16-19-22-25-28-31-34-37-40-43-46-56(74)88-51-54-59(77)61(79)66(84)71(92-54)94-68-64(82)62(80)63(81)67(93-70-65(83)60(78)58(76)53(48-72)91-70)69(68)95-96(85,86)89-50-52(49-87-55(73)45-42-39-36-33-30-27-24-21-18-15-12-9-6-3)90-57(75)47-44-41-38-35-32-29-26-23-20-17-14-11-8-5-2/h28-29,31-32,52-54,58-72,76-84H,4-27,30,33-51H2,1-3H3,(H,85,86)/b31-28-,32-29-. The summed E-state index contributed by atoms with van der Waals surface area (Å²) in [6.07, 6.45) is 12.6. The Hall–Kier alpha value is -2.56. The fraction of sp³-hybridized carbons (Fsp3) is 0.901. The van der Waals surface area contributed by atoms with Crippen LogP contribution in [-0.2, 0) is 61.2 Å². The number of ether oxygens (including phenoxy) is 7.